The molecule has 1 amide bonds. The zero-order valence-corrected chi connectivity index (χ0v) is 15.0. The Bertz CT molecular complexity index is 802. The zero-order chi connectivity index (χ0) is 17.7. The van der Waals surface area contributed by atoms with E-state index in [1.807, 2.05) is 6.92 Å². The minimum Gasteiger partial charge on any atom is -0.361 e. The van der Waals surface area contributed by atoms with Gasteiger partial charge in [-0.2, -0.15) is 0 Å². The maximum Gasteiger partial charge on any atom is 0.273 e. The minimum atomic E-state index is -0.127. The highest BCUT2D eigenvalue weighted by Crippen LogP contribution is 2.43. The van der Waals surface area contributed by atoms with Crippen LogP contribution in [0.15, 0.2) is 40.9 Å². The number of aromatic nitrogens is 1. The molecule has 0 aliphatic carbocycles. The number of carbonyl (C=O) groups is 1. The summed E-state index contributed by atoms with van der Waals surface area (Å²) in [5.74, 6) is 0.961. The molecule has 4 fully saturated rings. The fraction of sp³-hybridized carbons (Fsp3) is 0.500. The number of amides is 1. The summed E-state index contributed by atoms with van der Waals surface area (Å²) in [6, 6.07) is 12.5. The number of carbonyl (C=O) groups excluding carboxylic acids is 1. The van der Waals surface area contributed by atoms with E-state index in [-0.39, 0.29) is 17.4 Å². The van der Waals surface area contributed by atoms with Gasteiger partial charge in [-0.05, 0) is 12.5 Å². The number of fused-ring (bicyclic) bond motifs is 1. The molecule has 6 rings (SSSR count). The molecule has 6 heteroatoms. The molecule has 1 N–H and O–H groups in total. The summed E-state index contributed by atoms with van der Waals surface area (Å²) in [6.07, 6.45) is 0. The summed E-state index contributed by atoms with van der Waals surface area (Å²) in [6.45, 7) is 8.13. The lowest BCUT2D eigenvalue weighted by Gasteiger charge is -2.55. The number of hydrogen-bond donors (Lipinski definition) is 1. The highest BCUT2D eigenvalue weighted by atomic mass is 16.5. The smallest absolute Gasteiger partial charge is 0.273 e. The second kappa shape index (κ2) is 5.93. The van der Waals surface area contributed by atoms with E-state index in [4.69, 9.17) is 4.52 Å². The molecule has 3 atom stereocenters. The molecule has 26 heavy (non-hydrogen) atoms. The first-order valence-corrected chi connectivity index (χ1v) is 9.38. The SMILES string of the molecule is Cc1cc(C(=O)N[C@H]2C3CN4CCN(C3)CC2(c2ccccc2)C4)no1. The fourth-order valence-corrected chi connectivity index (χ4v) is 5.26. The highest BCUT2D eigenvalue weighted by molar-refractivity contribution is 5.92. The molecule has 2 unspecified atom stereocenters. The summed E-state index contributed by atoms with van der Waals surface area (Å²) in [5.41, 5.74) is 1.62. The third-order valence-corrected chi connectivity index (χ3v) is 6.29. The molecule has 6 nitrogen and oxygen atoms in total. The number of nitrogens with zero attached hydrogens (tertiary/aromatic N) is 3. The first kappa shape index (κ1) is 16.0. The highest BCUT2D eigenvalue weighted by Gasteiger charge is 2.55. The van der Waals surface area contributed by atoms with Gasteiger partial charge in [-0.25, -0.2) is 0 Å². The van der Waals surface area contributed by atoms with Gasteiger partial charge in [0.15, 0.2) is 5.69 Å². The van der Waals surface area contributed by atoms with Crippen molar-refractivity contribution in [2.24, 2.45) is 5.92 Å². The van der Waals surface area contributed by atoms with Crippen LogP contribution in [0.1, 0.15) is 21.8 Å². The van der Waals surface area contributed by atoms with Gasteiger partial charge in [0.2, 0.25) is 0 Å². The van der Waals surface area contributed by atoms with Gasteiger partial charge in [-0.1, -0.05) is 35.5 Å². The molecule has 0 saturated carbocycles. The number of piperidine rings is 2. The van der Waals surface area contributed by atoms with Gasteiger partial charge < -0.3 is 19.6 Å². The lowest BCUT2D eigenvalue weighted by atomic mass is 9.64. The molecule has 4 aliphatic heterocycles. The second-order valence-electron chi connectivity index (χ2n) is 8.03. The van der Waals surface area contributed by atoms with Crippen molar-refractivity contribution in [3.8, 4) is 0 Å². The molecule has 0 spiro atoms. The summed E-state index contributed by atoms with van der Waals surface area (Å²) in [7, 11) is 0. The van der Waals surface area contributed by atoms with Crippen LogP contribution in [0.2, 0.25) is 0 Å². The van der Waals surface area contributed by atoms with Crippen LogP contribution in [0.4, 0.5) is 0 Å². The lowest BCUT2D eigenvalue weighted by molar-refractivity contribution is 0.0178. The van der Waals surface area contributed by atoms with E-state index < -0.39 is 0 Å². The van der Waals surface area contributed by atoms with Crippen molar-refractivity contribution in [2.45, 2.75) is 18.4 Å². The second-order valence-corrected chi connectivity index (χ2v) is 8.03. The number of nitrogens with one attached hydrogen (secondary N) is 1. The maximum atomic E-state index is 12.8. The molecule has 2 aromatic rings. The van der Waals surface area contributed by atoms with Crippen LogP contribution in [-0.2, 0) is 5.41 Å². The van der Waals surface area contributed by atoms with Gasteiger partial charge in [-0.15, -0.1) is 0 Å². The van der Waals surface area contributed by atoms with E-state index in [1.165, 1.54) is 5.56 Å². The average Bonchev–Trinajstić information content (AvgIpc) is 2.93. The molecular weight excluding hydrogens is 328 g/mol. The first-order chi connectivity index (χ1) is 12.6. The van der Waals surface area contributed by atoms with Gasteiger partial charge in [0.25, 0.3) is 5.91 Å². The topological polar surface area (TPSA) is 61.6 Å². The van der Waals surface area contributed by atoms with Crippen LogP contribution < -0.4 is 5.32 Å². The number of aryl methyl sites for hydroxylation is 1. The Morgan fingerprint density at radius 2 is 1.88 bits per heavy atom. The Morgan fingerprint density at radius 1 is 1.19 bits per heavy atom. The number of hydrogen-bond acceptors (Lipinski definition) is 5. The third kappa shape index (κ3) is 2.47. The van der Waals surface area contributed by atoms with Crippen molar-refractivity contribution in [2.75, 3.05) is 39.3 Å². The van der Waals surface area contributed by atoms with E-state index >= 15 is 0 Å². The van der Waals surface area contributed by atoms with Gasteiger partial charge in [0.1, 0.15) is 5.76 Å². The van der Waals surface area contributed by atoms with E-state index in [2.05, 4.69) is 50.6 Å². The predicted molar refractivity (Wildman–Crippen MR) is 97.0 cm³/mol. The normalized spacial score (nSPS) is 35.3. The molecule has 1 aromatic carbocycles. The molecule has 136 valence electrons. The summed E-state index contributed by atoms with van der Waals surface area (Å²) in [5, 5.41) is 7.25. The van der Waals surface area contributed by atoms with Crippen LogP contribution in [0, 0.1) is 12.8 Å². The molecule has 1 aromatic heterocycles. The molecule has 4 bridgehead atoms. The van der Waals surface area contributed by atoms with Crippen LogP contribution in [-0.4, -0.2) is 66.2 Å². The Kier molecular flexibility index (Phi) is 3.65. The number of rotatable bonds is 3. The molecule has 4 aliphatic rings. The van der Waals surface area contributed by atoms with Crippen LogP contribution in [0.3, 0.4) is 0 Å². The summed E-state index contributed by atoms with van der Waals surface area (Å²) in [4.78, 5) is 18.0. The van der Waals surface area contributed by atoms with Gasteiger partial charge in [0.05, 0.1) is 0 Å². The van der Waals surface area contributed by atoms with Crippen molar-refractivity contribution < 1.29 is 9.32 Å². The zero-order valence-electron chi connectivity index (χ0n) is 15.0. The van der Waals surface area contributed by atoms with Crippen LogP contribution in [0.5, 0.6) is 0 Å². The van der Waals surface area contributed by atoms with Crippen molar-refractivity contribution >= 4 is 5.91 Å². The van der Waals surface area contributed by atoms with E-state index in [1.54, 1.807) is 6.07 Å². The van der Waals surface area contributed by atoms with Gasteiger partial charge in [0, 0.05) is 62.7 Å². The number of benzene rings is 1. The minimum absolute atomic E-state index is 0.0760. The average molecular weight is 352 g/mol. The maximum absolute atomic E-state index is 12.8. The largest absolute Gasteiger partial charge is 0.361 e. The predicted octanol–water partition coefficient (Wildman–Crippen LogP) is 1.28. The van der Waals surface area contributed by atoms with Crippen LogP contribution >= 0.6 is 0 Å². The quantitative estimate of drug-likeness (QED) is 0.902. The summed E-state index contributed by atoms with van der Waals surface area (Å²) >= 11 is 0. The monoisotopic (exact) mass is 352 g/mol. The lowest BCUT2D eigenvalue weighted by Crippen LogP contribution is -2.70. The Labute approximate surface area is 153 Å². The van der Waals surface area contributed by atoms with Crippen molar-refractivity contribution in [3.63, 3.8) is 0 Å². The first-order valence-electron chi connectivity index (χ1n) is 9.38. The third-order valence-electron chi connectivity index (χ3n) is 6.29. The van der Waals surface area contributed by atoms with Gasteiger partial charge >= 0.3 is 0 Å². The standard InChI is InChI=1S/C20H24N4O2/c1-14-9-17(22-26-14)19(25)21-18-15-10-23-7-8-24(11-15)13-20(18,12-23)16-5-3-2-4-6-16/h2-6,9,15,18H,7-8,10-13H2,1H3,(H,21,25)/t15?,18-,20?/m0/s1. The van der Waals surface area contributed by atoms with Crippen molar-refractivity contribution in [1.29, 1.82) is 0 Å². The Morgan fingerprint density at radius 3 is 2.50 bits per heavy atom. The van der Waals surface area contributed by atoms with E-state index in [9.17, 15) is 4.79 Å². The van der Waals surface area contributed by atoms with E-state index in [0.29, 0.717) is 17.4 Å². The van der Waals surface area contributed by atoms with Crippen LogP contribution in [0.25, 0.3) is 0 Å². The fourth-order valence-electron chi connectivity index (χ4n) is 5.26. The molecular formula is C20H24N4O2. The van der Waals surface area contributed by atoms with E-state index in [0.717, 1.165) is 39.3 Å². The van der Waals surface area contributed by atoms with Crippen molar-refractivity contribution in [3.05, 3.63) is 53.4 Å². The molecule has 4 saturated heterocycles. The summed E-state index contributed by atoms with van der Waals surface area (Å²) < 4.78 is 5.10. The molecule has 0 radical (unpaired) electrons. The Hall–Kier alpha value is -2.18. The Balaban J connectivity index is 1.53. The van der Waals surface area contributed by atoms with Crippen molar-refractivity contribution in [1.82, 2.24) is 20.3 Å². The van der Waals surface area contributed by atoms with Gasteiger partial charge in [-0.3, -0.25) is 4.79 Å². The molecule has 5 heterocycles.